The molecular weight excluding hydrogens is 314 g/mol. The third-order valence-corrected chi connectivity index (χ3v) is 4.28. The molecule has 9 heteroatoms. The molecule has 4 rings (SSSR count). The SMILES string of the molecule is O=C1COc2ccc(N3C[C@H](CN4CCNCC4)OC3=O)nc2N1. The quantitative estimate of drug-likeness (QED) is 0.780. The lowest BCUT2D eigenvalue weighted by Crippen LogP contribution is -2.46. The van der Waals surface area contributed by atoms with Gasteiger partial charge in [-0.2, -0.15) is 0 Å². The summed E-state index contributed by atoms with van der Waals surface area (Å²) in [6.07, 6.45) is -0.593. The van der Waals surface area contributed by atoms with Crippen LogP contribution in [0.25, 0.3) is 0 Å². The van der Waals surface area contributed by atoms with Crippen molar-refractivity contribution in [1.82, 2.24) is 15.2 Å². The van der Waals surface area contributed by atoms with E-state index >= 15 is 0 Å². The highest BCUT2D eigenvalue weighted by Crippen LogP contribution is 2.30. The lowest BCUT2D eigenvalue weighted by atomic mass is 10.2. The number of cyclic esters (lactones) is 1. The highest BCUT2D eigenvalue weighted by molar-refractivity contribution is 5.95. The number of nitrogens with one attached hydrogen (secondary N) is 2. The Morgan fingerprint density at radius 2 is 2.08 bits per heavy atom. The van der Waals surface area contributed by atoms with Crippen molar-refractivity contribution < 1.29 is 19.1 Å². The molecule has 0 saturated carbocycles. The van der Waals surface area contributed by atoms with Gasteiger partial charge in [0, 0.05) is 32.7 Å². The Morgan fingerprint density at radius 1 is 1.25 bits per heavy atom. The van der Waals surface area contributed by atoms with E-state index in [-0.39, 0.29) is 18.6 Å². The molecule has 24 heavy (non-hydrogen) atoms. The number of anilines is 2. The lowest BCUT2D eigenvalue weighted by molar-refractivity contribution is -0.118. The average molecular weight is 333 g/mol. The molecule has 1 aromatic rings. The number of carbonyl (C=O) groups excluding carboxylic acids is 2. The smallest absolute Gasteiger partial charge is 0.416 e. The maximum absolute atomic E-state index is 12.2. The maximum Gasteiger partial charge on any atom is 0.416 e. The van der Waals surface area contributed by atoms with Crippen molar-refractivity contribution in [3.05, 3.63) is 12.1 Å². The van der Waals surface area contributed by atoms with E-state index in [9.17, 15) is 9.59 Å². The van der Waals surface area contributed by atoms with Gasteiger partial charge >= 0.3 is 6.09 Å². The molecule has 2 amide bonds. The van der Waals surface area contributed by atoms with Gasteiger partial charge in [-0.1, -0.05) is 0 Å². The van der Waals surface area contributed by atoms with E-state index < -0.39 is 6.09 Å². The van der Waals surface area contributed by atoms with E-state index in [2.05, 4.69) is 20.5 Å². The van der Waals surface area contributed by atoms with Gasteiger partial charge < -0.3 is 20.1 Å². The van der Waals surface area contributed by atoms with Crippen molar-refractivity contribution in [3.63, 3.8) is 0 Å². The van der Waals surface area contributed by atoms with Crippen LogP contribution in [0.2, 0.25) is 0 Å². The highest BCUT2D eigenvalue weighted by atomic mass is 16.6. The first kappa shape index (κ1) is 15.2. The first-order chi connectivity index (χ1) is 11.7. The molecule has 3 aliphatic heterocycles. The molecule has 9 nitrogen and oxygen atoms in total. The Balaban J connectivity index is 1.45. The van der Waals surface area contributed by atoms with Crippen LogP contribution in [0.1, 0.15) is 0 Å². The van der Waals surface area contributed by atoms with Gasteiger partial charge in [0.05, 0.1) is 6.54 Å². The molecular formula is C15H19N5O4. The Hall–Kier alpha value is -2.39. The second-order valence-electron chi connectivity index (χ2n) is 6.02. The minimum Gasteiger partial charge on any atom is -0.480 e. The minimum atomic E-state index is -0.411. The molecule has 0 bridgehead atoms. The average Bonchev–Trinajstić information content (AvgIpc) is 2.95. The predicted octanol–water partition coefficient (Wildman–Crippen LogP) is -0.357. The fourth-order valence-corrected chi connectivity index (χ4v) is 3.09. The minimum absolute atomic E-state index is 0.0213. The zero-order valence-corrected chi connectivity index (χ0v) is 13.2. The van der Waals surface area contributed by atoms with Gasteiger partial charge in [-0.15, -0.1) is 0 Å². The maximum atomic E-state index is 12.2. The normalized spacial score (nSPS) is 24.2. The summed E-state index contributed by atoms with van der Waals surface area (Å²) < 4.78 is 10.7. The zero-order valence-electron chi connectivity index (χ0n) is 13.2. The molecule has 1 atom stereocenters. The molecule has 3 aliphatic rings. The van der Waals surface area contributed by atoms with Crippen LogP contribution in [0, 0.1) is 0 Å². The Bertz CT molecular complexity index is 661. The van der Waals surface area contributed by atoms with Crippen molar-refractivity contribution in [2.45, 2.75) is 6.10 Å². The van der Waals surface area contributed by atoms with Crippen LogP contribution in [0.3, 0.4) is 0 Å². The zero-order chi connectivity index (χ0) is 16.5. The standard InChI is InChI=1S/C15H19N5O4/c21-13-9-23-11-1-2-12(17-14(11)18-13)20-8-10(24-15(20)22)7-19-5-3-16-4-6-19/h1-2,10,16H,3-9H2,(H,17,18,21)/t10-/m0/s1. The molecule has 0 radical (unpaired) electrons. The summed E-state index contributed by atoms with van der Waals surface area (Å²) >= 11 is 0. The van der Waals surface area contributed by atoms with Crippen LogP contribution < -0.4 is 20.3 Å². The highest BCUT2D eigenvalue weighted by Gasteiger charge is 2.35. The molecule has 4 heterocycles. The van der Waals surface area contributed by atoms with Gasteiger partial charge in [-0.05, 0) is 12.1 Å². The van der Waals surface area contributed by atoms with Crippen molar-refractivity contribution in [1.29, 1.82) is 0 Å². The summed E-state index contributed by atoms with van der Waals surface area (Å²) in [6.45, 7) is 4.96. The Morgan fingerprint density at radius 3 is 2.92 bits per heavy atom. The van der Waals surface area contributed by atoms with E-state index in [4.69, 9.17) is 9.47 Å². The molecule has 0 aliphatic carbocycles. The summed E-state index contributed by atoms with van der Waals surface area (Å²) in [5.74, 6) is 1.03. The molecule has 1 aromatic heterocycles. The van der Waals surface area contributed by atoms with E-state index in [1.165, 1.54) is 4.90 Å². The second-order valence-corrected chi connectivity index (χ2v) is 6.02. The number of aromatic nitrogens is 1. The largest absolute Gasteiger partial charge is 0.480 e. The number of hydrogen-bond donors (Lipinski definition) is 2. The summed E-state index contributed by atoms with van der Waals surface area (Å²) in [4.78, 5) is 31.7. The van der Waals surface area contributed by atoms with Crippen LogP contribution in [-0.4, -0.2) is 73.9 Å². The number of ether oxygens (including phenoxy) is 2. The first-order valence-electron chi connectivity index (χ1n) is 8.04. The number of carbonyl (C=O) groups is 2. The number of amides is 2. The lowest BCUT2D eigenvalue weighted by Gasteiger charge is -2.28. The molecule has 2 saturated heterocycles. The summed E-state index contributed by atoms with van der Waals surface area (Å²) in [6, 6.07) is 3.40. The fraction of sp³-hybridized carbons (Fsp3) is 0.533. The van der Waals surface area contributed by atoms with Gasteiger partial charge in [0.1, 0.15) is 11.9 Å². The van der Waals surface area contributed by atoms with Crippen LogP contribution in [-0.2, 0) is 9.53 Å². The second kappa shape index (κ2) is 6.25. The number of fused-ring (bicyclic) bond motifs is 1. The summed E-state index contributed by atoms with van der Waals surface area (Å²) in [7, 11) is 0. The van der Waals surface area contributed by atoms with Crippen molar-refractivity contribution in [2.75, 3.05) is 56.1 Å². The van der Waals surface area contributed by atoms with Crippen molar-refractivity contribution in [2.24, 2.45) is 0 Å². The molecule has 2 N–H and O–H groups in total. The van der Waals surface area contributed by atoms with Gasteiger partial charge in [0.2, 0.25) is 0 Å². The third kappa shape index (κ3) is 3.00. The van der Waals surface area contributed by atoms with E-state index in [1.807, 2.05) is 0 Å². The number of nitrogens with zero attached hydrogens (tertiary/aromatic N) is 3. The number of rotatable bonds is 3. The monoisotopic (exact) mass is 333 g/mol. The van der Waals surface area contributed by atoms with Crippen molar-refractivity contribution >= 4 is 23.6 Å². The number of hydrogen-bond acceptors (Lipinski definition) is 7. The predicted molar refractivity (Wildman–Crippen MR) is 85.3 cm³/mol. The van der Waals surface area contributed by atoms with E-state index in [0.717, 1.165) is 26.2 Å². The number of piperazine rings is 1. The van der Waals surface area contributed by atoms with Gasteiger partial charge in [-0.3, -0.25) is 14.6 Å². The van der Waals surface area contributed by atoms with Crippen LogP contribution in [0.15, 0.2) is 12.1 Å². The third-order valence-electron chi connectivity index (χ3n) is 4.28. The van der Waals surface area contributed by atoms with Crippen LogP contribution in [0.5, 0.6) is 5.75 Å². The Labute approximate surface area is 138 Å². The molecule has 0 aromatic carbocycles. The Kier molecular flexibility index (Phi) is 3.95. The molecule has 128 valence electrons. The van der Waals surface area contributed by atoms with Gasteiger partial charge in [0.15, 0.2) is 18.2 Å². The van der Waals surface area contributed by atoms with E-state index in [0.29, 0.717) is 30.5 Å². The first-order valence-corrected chi connectivity index (χ1v) is 8.04. The number of pyridine rings is 1. The van der Waals surface area contributed by atoms with Crippen LogP contribution in [0.4, 0.5) is 16.4 Å². The molecule has 2 fully saturated rings. The summed E-state index contributed by atoms with van der Waals surface area (Å²) in [5.41, 5.74) is 0. The topological polar surface area (TPSA) is 96.0 Å². The van der Waals surface area contributed by atoms with Gasteiger partial charge in [-0.25, -0.2) is 9.78 Å². The van der Waals surface area contributed by atoms with Crippen molar-refractivity contribution in [3.8, 4) is 5.75 Å². The molecule has 0 spiro atoms. The summed E-state index contributed by atoms with van der Waals surface area (Å²) in [5, 5.41) is 5.95. The van der Waals surface area contributed by atoms with E-state index in [1.54, 1.807) is 12.1 Å². The fourth-order valence-electron chi connectivity index (χ4n) is 3.09. The van der Waals surface area contributed by atoms with Crippen LogP contribution >= 0.6 is 0 Å². The van der Waals surface area contributed by atoms with Gasteiger partial charge in [0.25, 0.3) is 5.91 Å². The molecule has 0 unspecified atom stereocenters.